The Bertz CT molecular complexity index is 1280. The summed E-state index contributed by atoms with van der Waals surface area (Å²) in [4.78, 5) is 48.1. The number of urea groups is 1. The van der Waals surface area contributed by atoms with Crippen LogP contribution in [0, 0.1) is 23.7 Å². The van der Waals surface area contributed by atoms with Crippen molar-refractivity contribution in [2.45, 2.75) is 32.0 Å². The third-order valence-corrected chi connectivity index (χ3v) is 8.61. The topological polar surface area (TPSA) is 143 Å². The predicted molar refractivity (Wildman–Crippen MR) is 142 cm³/mol. The second-order valence-corrected chi connectivity index (χ2v) is 12.0. The summed E-state index contributed by atoms with van der Waals surface area (Å²) in [6.07, 6.45) is 1.63. The van der Waals surface area contributed by atoms with Gasteiger partial charge in [0.1, 0.15) is 5.82 Å². The molecule has 11 heteroatoms. The average Bonchev–Trinajstić information content (AvgIpc) is 3.30. The summed E-state index contributed by atoms with van der Waals surface area (Å²) in [5.74, 6) is 1.93. The van der Waals surface area contributed by atoms with Crippen LogP contribution in [0.15, 0.2) is 41.3 Å². The van der Waals surface area contributed by atoms with Crippen molar-refractivity contribution in [1.82, 2.24) is 24.3 Å². The fraction of sp³-hybridized carbons (Fsp3) is 0.556. The normalized spacial score (nSPS) is 28.4. The van der Waals surface area contributed by atoms with E-state index < -0.39 is 11.2 Å². The van der Waals surface area contributed by atoms with Crippen LogP contribution in [0.1, 0.15) is 19.4 Å². The number of rotatable bonds is 5. The fourth-order valence-corrected chi connectivity index (χ4v) is 6.40. The summed E-state index contributed by atoms with van der Waals surface area (Å²) in [6.45, 7) is 8.76. The zero-order chi connectivity index (χ0) is 26.8. The van der Waals surface area contributed by atoms with Gasteiger partial charge in [-0.05, 0) is 49.4 Å². The van der Waals surface area contributed by atoms with E-state index in [0.29, 0.717) is 44.1 Å². The van der Waals surface area contributed by atoms with Crippen LogP contribution in [0.25, 0.3) is 5.69 Å². The van der Waals surface area contributed by atoms with Crippen molar-refractivity contribution in [2.75, 3.05) is 44.6 Å². The number of hydrogen-bond donors (Lipinski definition) is 3. The minimum Gasteiger partial charge on any atom is -0.340 e. The van der Waals surface area contributed by atoms with Crippen molar-refractivity contribution in [3.05, 3.63) is 52.6 Å². The summed E-state index contributed by atoms with van der Waals surface area (Å²) in [7, 11) is 0. The second kappa shape index (κ2) is 9.18. The first-order chi connectivity index (χ1) is 18.1. The van der Waals surface area contributed by atoms with Crippen LogP contribution in [0.5, 0.6) is 0 Å². The number of likely N-dealkylation sites (tertiary alicyclic amines) is 3. The highest BCUT2D eigenvalue weighted by atomic mass is 16.2. The molecule has 4 aliphatic rings. The van der Waals surface area contributed by atoms with E-state index in [1.165, 1.54) is 10.1 Å². The molecule has 4 fully saturated rings. The monoisotopic (exact) mass is 520 g/mol. The lowest BCUT2D eigenvalue weighted by Crippen LogP contribution is -2.51. The average molecular weight is 521 g/mol. The molecule has 3 saturated heterocycles. The van der Waals surface area contributed by atoms with Crippen LogP contribution >= 0.6 is 0 Å². The molecule has 38 heavy (non-hydrogen) atoms. The lowest BCUT2D eigenvalue weighted by Gasteiger charge is -2.27. The lowest BCUT2D eigenvalue weighted by molar-refractivity contribution is -0.135. The molecule has 0 bridgehead atoms. The Morgan fingerprint density at radius 3 is 2.16 bits per heavy atom. The second-order valence-electron chi connectivity index (χ2n) is 12.0. The third kappa shape index (κ3) is 4.70. The van der Waals surface area contributed by atoms with Gasteiger partial charge in [0.15, 0.2) is 0 Å². The molecular formula is C27H36N8O3. The number of benzene rings is 1. The number of carbonyl (C=O) groups is 2. The van der Waals surface area contributed by atoms with Crippen LogP contribution in [0.2, 0.25) is 0 Å². The SMILES string of the molecule is CC(C)(N)C(=O)N1CC2CN(C(=O)Nc3ccn(-c4ccc(CN5CC6[C@@H](N)[C@@H]6C5)cc4)c(=O)n3)CC2C1. The Kier molecular flexibility index (Phi) is 6.04. The first kappa shape index (κ1) is 25.0. The number of fused-ring (bicyclic) bond motifs is 2. The number of nitrogens with one attached hydrogen (secondary N) is 1. The molecular weight excluding hydrogens is 484 g/mol. The van der Waals surface area contributed by atoms with Gasteiger partial charge in [-0.2, -0.15) is 4.98 Å². The van der Waals surface area contributed by atoms with E-state index in [1.807, 2.05) is 29.2 Å². The number of carbonyl (C=O) groups excluding carboxylic acids is 2. The van der Waals surface area contributed by atoms with Crippen LogP contribution in [0.3, 0.4) is 0 Å². The van der Waals surface area contributed by atoms with Gasteiger partial charge in [0.05, 0.1) is 11.2 Å². The molecule has 1 aromatic carbocycles. The van der Waals surface area contributed by atoms with E-state index in [-0.39, 0.29) is 29.6 Å². The fourth-order valence-electron chi connectivity index (χ4n) is 6.40. The molecule has 11 nitrogen and oxygen atoms in total. The standard InChI is InChI=1S/C27H36N8O3/c1-27(2,29)24(36)33-10-17-12-34(13-18(17)11-33)25(37)30-22-7-8-35(26(38)31-22)19-5-3-16(4-6-19)9-32-14-20-21(15-32)23(20)28/h3-8,17-18,20-21,23H,9-15,28-29H2,1-2H3,(H,30,31,37,38)/t17?,18?,20-,21?,23+/m1/s1. The zero-order valence-corrected chi connectivity index (χ0v) is 21.9. The van der Waals surface area contributed by atoms with Crippen molar-refractivity contribution in [2.24, 2.45) is 35.1 Å². The van der Waals surface area contributed by atoms with Gasteiger partial charge in [0, 0.05) is 69.9 Å². The predicted octanol–water partition coefficient (Wildman–Crippen LogP) is 0.281. The summed E-state index contributed by atoms with van der Waals surface area (Å²) < 4.78 is 1.47. The molecule has 5 N–H and O–H groups in total. The summed E-state index contributed by atoms with van der Waals surface area (Å²) in [5, 5.41) is 2.76. The van der Waals surface area contributed by atoms with Gasteiger partial charge in [-0.1, -0.05) is 12.1 Å². The van der Waals surface area contributed by atoms with Gasteiger partial charge in [-0.25, -0.2) is 9.59 Å². The lowest BCUT2D eigenvalue weighted by atomic mass is 10.0. The highest BCUT2D eigenvalue weighted by Crippen LogP contribution is 2.44. The largest absolute Gasteiger partial charge is 0.354 e. The minimum absolute atomic E-state index is 0.0598. The number of hydrogen-bond acceptors (Lipinski definition) is 7. The Morgan fingerprint density at radius 2 is 1.58 bits per heavy atom. The minimum atomic E-state index is -0.896. The summed E-state index contributed by atoms with van der Waals surface area (Å²) >= 11 is 0. The number of aromatic nitrogens is 2. The molecule has 4 heterocycles. The van der Waals surface area contributed by atoms with Crippen LogP contribution in [-0.2, 0) is 11.3 Å². The quantitative estimate of drug-likeness (QED) is 0.514. The maximum atomic E-state index is 12.9. The molecule has 3 aliphatic heterocycles. The Hall–Kier alpha value is -3.28. The summed E-state index contributed by atoms with van der Waals surface area (Å²) in [5.41, 5.74) is 12.6. The van der Waals surface area contributed by atoms with E-state index in [4.69, 9.17) is 11.5 Å². The van der Waals surface area contributed by atoms with Gasteiger partial charge >= 0.3 is 11.7 Å². The zero-order valence-electron chi connectivity index (χ0n) is 21.9. The van der Waals surface area contributed by atoms with Gasteiger partial charge in [-0.3, -0.25) is 19.6 Å². The maximum absolute atomic E-state index is 12.9. The molecule has 1 saturated carbocycles. The first-order valence-electron chi connectivity index (χ1n) is 13.4. The van der Waals surface area contributed by atoms with Gasteiger partial charge < -0.3 is 21.3 Å². The van der Waals surface area contributed by atoms with Gasteiger partial charge in [0.2, 0.25) is 5.91 Å². The van der Waals surface area contributed by atoms with E-state index in [9.17, 15) is 14.4 Å². The Balaban J connectivity index is 1.03. The summed E-state index contributed by atoms with van der Waals surface area (Å²) in [6, 6.07) is 9.65. The van der Waals surface area contributed by atoms with Gasteiger partial charge in [-0.15, -0.1) is 0 Å². The molecule has 2 aromatic rings. The molecule has 0 spiro atoms. The van der Waals surface area contributed by atoms with Crippen molar-refractivity contribution in [1.29, 1.82) is 0 Å². The van der Waals surface area contributed by atoms with Crippen LogP contribution < -0.4 is 22.5 Å². The van der Waals surface area contributed by atoms with Crippen molar-refractivity contribution < 1.29 is 9.59 Å². The number of nitrogens with zero attached hydrogens (tertiary/aromatic N) is 5. The molecule has 0 radical (unpaired) electrons. The number of amides is 3. The molecule has 3 amide bonds. The molecule has 1 aliphatic carbocycles. The Morgan fingerprint density at radius 1 is 0.974 bits per heavy atom. The molecule has 1 aromatic heterocycles. The van der Waals surface area contributed by atoms with Crippen LogP contribution in [0.4, 0.5) is 10.6 Å². The number of piperidine rings is 1. The van der Waals surface area contributed by atoms with E-state index >= 15 is 0 Å². The van der Waals surface area contributed by atoms with E-state index in [2.05, 4.69) is 15.2 Å². The number of nitrogens with two attached hydrogens (primary N) is 2. The number of anilines is 1. The molecule has 3 unspecified atom stereocenters. The van der Waals surface area contributed by atoms with Crippen molar-refractivity contribution >= 4 is 17.8 Å². The Labute approximate surface area is 221 Å². The van der Waals surface area contributed by atoms with Crippen molar-refractivity contribution in [3.63, 3.8) is 0 Å². The highest BCUT2D eigenvalue weighted by Gasteiger charge is 2.53. The molecule has 5 atom stereocenters. The smallest absolute Gasteiger partial charge is 0.340 e. The van der Waals surface area contributed by atoms with Crippen LogP contribution in [-0.4, -0.2) is 87.0 Å². The van der Waals surface area contributed by atoms with E-state index in [1.54, 1.807) is 31.0 Å². The van der Waals surface area contributed by atoms with Gasteiger partial charge in [0.25, 0.3) is 0 Å². The maximum Gasteiger partial charge on any atom is 0.354 e. The third-order valence-electron chi connectivity index (χ3n) is 8.61. The van der Waals surface area contributed by atoms with E-state index in [0.717, 1.165) is 25.3 Å². The highest BCUT2D eigenvalue weighted by molar-refractivity contribution is 5.88. The molecule has 6 rings (SSSR count). The first-order valence-corrected chi connectivity index (χ1v) is 13.4. The van der Waals surface area contributed by atoms with Crippen molar-refractivity contribution in [3.8, 4) is 5.69 Å². The molecule has 202 valence electrons.